The van der Waals surface area contributed by atoms with Gasteiger partial charge in [-0.05, 0) is 12.5 Å². The quantitative estimate of drug-likeness (QED) is 0.628. The maximum Gasteiger partial charge on any atom is 0.328 e. The molecule has 88 valence electrons. The van der Waals surface area contributed by atoms with Crippen molar-refractivity contribution in [2.24, 2.45) is 0 Å². The van der Waals surface area contributed by atoms with Crippen molar-refractivity contribution < 1.29 is 9.90 Å². The SMILES string of the molecule is O=C(O)/C=C/c1cnc(N2CC=CCC2)nc1. The number of nitrogens with zero attached hydrogens (tertiary/aromatic N) is 3. The second-order valence-electron chi connectivity index (χ2n) is 3.69. The molecule has 1 aliphatic rings. The van der Waals surface area contributed by atoms with E-state index in [-0.39, 0.29) is 0 Å². The van der Waals surface area contributed by atoms with Crippen LogP contribution in [0.1, 0.15) is 12.0 Å². The van der Waals surface area contributed by atoms with Gasteiger partial charge in [-0.25, -0.2) is 14.8 Å². The Morgan fingerprint density at radius 1 is 1.35 bits per heavy atom. The summed E-state index contributed by atoms with van der Waals surface area (Å²) in [5.41, 5.74) is 0.684. The summed E-state index contributed by atoms with van der Waals surface area (Å²) in [5, 5.41) is 8.49. The van der Waals surface area contributed by atoms with E-state index in [1.807, 2.05) is 0 Å². The number of hydrogen-bond donors (Lipinski definition) is 1. The summed E-state index contributed by atoms with van der Waals surface area (Å²) in [7, 11) is 0. The van der Waals surface area contributed by atoms with E-state index in [9.17, 15) is 4.79 Å². The summed E-state index contributed by atoms with van der Waals surface area (Å²) in [6, 6.07) is 0. The summed E-state index contributed by atoms with van der Waals surface area (Å²) < 4.78 is 0. The second kappa shape index (κ2) is 5.25. The van der Waals surface area contributed by atoms with Gasteiger partial charge in [-0.1, -0.05) is 12.2 Å². The summed E-state index contributed by atoms with van der Waals surface area (Å²) in [6.07, 6.45) is 11.0. The normalized spacial score (nSPS) is 15.4. The Balaban J connectivity index is 2.07. The van der Waals surface area contributed by atoms with Crippen molar-refractivity contribution in [2.75, 3.05) is 18.0 Å². The molecule has 0 aliphatic carbocycles. The average molecular weight is 231 g/mol. The third kappa shape index (κ3) is 3.14. The minimum Gasteiger partial charge on any atom is -0.478 e. The molecule has 0 saturated heterocycles. The molecule has 1 aromatic heterocycles. The van der Waals surface area contributed by atoms with Crippen LogP contribution in [-0.2, 0) is 4.79 Å². The Morgan fingerprint density at radius 3 is 2.71 bits per heavy atom. The van der Waals surface area contributed by atoms with Crippen LogP contribution in [0.15, 0.2) is 30.6 Å². The van der Waals surface area contributed by atoms with Gasteiger partial charge in [0, 0.05) is 37.1 Å². The fourth-order valence-corrected chi connectivity index (χ4v) is 1.57. The van der Waals surface area contributed by atoms with Gasteiger partial charge in [0.05, 0.1) is 0 Å². The molecule has 0 atom stereocenters. The van der Waals surface area contributed by atoms with E-state index in [1.54, 1.807) is 12.4 Å². The maximum atomic E-state index is 10.3. The number of rotatable bonds is 3. The molecule has 5 nitrogen and oxygen atoms in total. The minimum atomic E-state index is -0.977. The zero-order chi connectivity index (χ0) is 12.1. The molecule has 5 heteroatoms. The van der Waals surface area contributed by atoms with Gasteiger partial charge in [0.2, 0.25) is 5.95 Å². The highest BCUT2D eigenvalue weighted by Crippen LogP contribution is 2.11. The molecule has 0 saturated carbocycles. The monoisotopic (exact) mass is 231 g/mol. The fraction of sp³-hybridized carbons (Fsp3) is 0.250. The van der Waals surface area contributed by atoms with Crippen molar-refractivity contribution in [3.8, 4) is 0 Å². The average Bonchev–Trinajstić information content (AvgIpc) is 2.38. The lowest BCUT2D eigenvalue weighted by Crippen LogP contribution is -2.28. The molecular formula is C12H13N3O2. The summed E-state index contributed by atoms with van der Waals surface area (Å²) in [6.45, 7) is 1.74. The van der Waals surface area contributed by atoms with Crippen molar-refractivity contribution in [3.63, 3.8) is 0 Å². The zero-order valence-corrected chi connectivity index (χ0v) is 9.28. The lowest BCUT2D eigenvalue weighted by atomic mass is 10.2. The number of aromatic nitrogens is 2. The highest BCUT2D eigenvalue weighted by molar-refractivity contribution is 5.85. The summed E-state index contributed by atoms with van der Waals surface area (Å²) >= 11 is 0. The fourth-order valence-electron chi connectivity index (χ4n) is 1.57. The van der Waals surface area contributed by atoms with Crippen LogP contribution in [0.2, 0.25) is 0 Å². The van der Waals surface area contributed by atoms with Gasteiger partial charge >= 0.3 is 5.97 Å². The standard InChI is InChI=1S/C12H13N3O2/c16-11(17)5-4-10-8-13-12(14-9-10)15-6-2-1-3-7-15/h1-2,4-5,8-9H,3,6-7H2,(H,16,17)/b5-4+. The molecule has 0 aromatic carbocycles. The molecule has 0 bridgehead atoms. The summed E-state index contributed by atoms with van der Waals surface area (Å²) in [5.74, 6) is -0.294. The first kappa shape index (κ1) is 11.3. The molecule has 2 rings (SSSR count). The van der Waals surface area contributed by atoms with Gasteiger partial charge in [-0.3, -0.25) is 0 Å². The van der Waals surface area contributed by atoms with Crippen LogP contribution in [0, 0.1) is 0 Å². The Kier molecular flexibility index (Phi) is 3.49. The molecule has 0 spiro atoms. The molecule has 0 fully saturated rings. The van der Waals surface area contributed by atoms with Crippen LogP contribution in [0.5, 0.6) is 0 Å². The van der Waals surface area contributed by atoms with Crippen molar-refractivity contribution >= 4 is 18.0 Å². The molecule has 1 aliphatic heterocycles. The molecular weight excluding hydrogens is 218 g/mol. The van der Waals surface area contributed by atoms with E-state index < -0.39 is 5.97 Å². The molecule has 0 radical (unpaired) electrons. The predicted octanol–water partition coefficient (Wildman–Crippen LogP) is 1.34. The van der Waals surface area contributed by atoms with Crippen molar-refractivity contribution in [2.45, 2.75) is 6.42 Å². The number of carbonyl (C=O) groups is 1. The van der Waals surface area contributed by atoms with Crippen LogP contribution in [-0.4, -0.2) is 34.1 Å². The van der Waals surface area contributed by atoms with Crippen LogP contribution in [0.3, 0.4) is 0 Å². The molecule has 0 unspecified atom stereocenters. The van der Waals surface area contributed by atoms with Crippen LogP contribution < -0.4 is 4.90 Å². The van der Waals surface area contributed by atoms with Crippen LogP contribution in [0.4, 0.5) is 5.95 Å². The third-order valence-corrected chi connectivity index (χ3v) is 2.42. The van der Waals surface area contributed by atoms with E-state index in [2.05, 4.69) is 27.0 Å². The highest BCUT2D eigenvalue weighted by Gasteiger charge is 2.09. The van der Waals surface area contributed by atoms with Crippen molar-refractivity contribution in [3.05, 3.63) is 36.2 Å². The smallest absolute Gasteiger partial charge is 0.328 e. The first-order valence-electron chi connectivity index (χ1n) is 5.39. The van der Waals surface area contributed by atoms with Gasteiger partial charge in [0.15, 0.2) is 0 Å². The van der Waals surface area contributed by atoms with Gasteiger partial charge in [0.25, 0.3) is 0 Å². The van der Waals surface area contributed by atoms with Gasteiger partial charge in [-0.15, -0.1) is 0 Å². The molecule has 0 amide bonds. The van der Waals surface area contributed by atoms with E-state index in [0.717, 1.165) is 25.6 Å². The van der Waals surface area contributed by atoms with Crippen LogP contribution >= 0.6 is 0 Å². The Bertz CT molecular complexity index is 451. The lowest BCUT2D eigenvalue weighted by molar-refractivity contribution is -0.131. The van der Waals surface area contributed by atoms with E-state index in [1.165, 1.54) is 6.08 Å². The van der Waals surface area contributed by atoms with E-state index in [0.29, 0.717) is 11.5 Å². The van der Waals surface area contributed by atoms with Crippen molar-refractivity contribution in [1.82, 2.24) is 9.97 Å². The second-order valence-corrected chi connectivity index (χ2v) is 3.69. The minimum absolute atomic E-state index is 0.682. The molecule has 2 heterocycles. The molecule has 1 aromatic rings. The highest BCUT2D eigenvalue weighted by atomic mass is 16.4. The topological polar surface area (TPSA) is 66.3 Å². The number of carboxylic acids is 1. The largest absolute Gasteiger partial charge is 0.478 e. The molecule has 1 N–H and O–H groups in total. The first-order chi connectivity index (χ1) is 8.25. The van der Waals surface area contributed by atoms with Gasteiger partial charge in [-0.2, -0.15) is 0 Å². The summed E-state index contributed by atoms with van der Waals surface area (Å²) in [4.78, 5) is 20.9. The maximum absolute atomic E-state index is 10.3. The van der Waals surface area contributed by atoms with Gasteiger partial charge in [0.1, 0.15) is 0 Å². The Labute approximate surface area is 99.1 Å². The number of anilines is 1. The van der Waals surface area contributed by atoms with E-state index >= 15 is 0 Å². The van der Waals surface area contributed by atoms with E-state index in [4.69, 9.17) is 5.11 Å². The predicted molar refractivity (Wildman–Crippen MR) is 64.7 cm³/mol. The van der Waals surface area contributed by atoms with Gasteiger partial charge < -0.3 is 10.0 Å². The third-order valence-electron chi connectivity index (χ3n) is 2.42. The number of aliphatic carboxylic acids is 1. The van der Waals surface area contributed by atoms with Crippen molar-refractivity contribution in [1.29, 1.82) is 0 Å². The Hall–Kier alpha value is -2.17. The number of carboxylic acid groups (broad SMARTS) is 1. The lowest BCUT2D eigenvalue weighted by Gasteiger charge is -2.22. The Morgan fingerprint density at radius 2 is 2.12 bits per heavy atom. The number of hydrogen-bond acceptors (Lipinski definition) is 4. The first-order valence-corrected chi connectivity index (χ1v) is 5.39. The zero-order valence-electron chi connectivity index (χ0n) is 9.28. The van der Waals surface area contributed by atoms with Crippen LogP contribution in [0.25, 0.3) is 6.08 Å². The molecule has 17 heavy (non-hydrogen) atoms.